The van der Waals surface area contributed by atoms with E-state index in [1.54, 1.807) is 12.1 Å². The van der Waals surface area contributed by atoms with Crippen LogP contribution in [-0.2, 0) is 14.8 Å². The number of Topliss-reactive ketones (excluding diaryl/α,β-unsaturated/α-hetero) is 1. The molecule has 29 heavy (non-hydrogen) atoms. The molecule has 7 nitrogen and oxygen atoms in total. The van der Waals surface area contributed by atoms with Crippen molar-refractivity contribution in [2.75, 3.05) is 6.54 Å². The third-order valence-electron chi connectivity index (χ3n) is 4.37. The maximum atomic E-state index is 12.5. The molecule has 1 atom stereocenters. The summed E-state index contributed by atoms with van der Waals surface area (Å²) in [5, 5.41) is 8.48. The van der Waals surface area contributed by atoms with Crippen LogP contribution in [-0.4, -0.2) is 32.8 Å². The van der Waals surface area contributed by atoms with E-state index in [-0.39, 0.29) is 29.2 Å². The number of ketones is 1. The second-order valence-corrected chi connectivity index (χ2v) is 8.31. The fourth-order valence-corrected chi connectivity index (χ4v) is 3.54. The molecule has 152 valence electrons. The summed E-state index contributed by atoms with van der Waals surface area (Å²) in [7, 11) is -3.76. The van der Waals surface area contributed by atoms with Crippen molar-refractivity contribution < 1.29 is 22.7 Å². The Morgan fingerprint density at radius 1 is 1.07 bits per heavy atom. The normalized spacial score (nSPS) is 12.1. The van der Waals surface area contributed by atoms with Gasteiger partial charge in [-0.2, -0.15) is 5.26 Å². The third kappa shape index (κ3) is 5.73. The zero-order chi connectivity index (χ0) is 21.6. The van der Waals surface area contributed by atoms with E-state index >= 15 is 0 Å². The molecule has 0 heterocycles. The van der Waals surface area contributed by atoms with E-state index < -0.39 is 22.1 Å². The molecule has 0 aliphatic carbocycles. The number of nitrogens with one attached hydrogen (secondary N) is 1. The Balaban J connectivity index is 2.05. The van der Waals surface area contributed by atoms with Crippen molar-refractivity contribution in [1.82, 2.24) is 4.72 Å². The van der Waals surface area contributed by atoms with Gasteiger partial charge in [-0.05, 0) is 62.2 Å². The lowest BCUT2D eigenvalue weighted by atomic mass is 10.0. The number of aryl methyl sites for hydroxylation is 2. The molecule has 0 bridgehead atoms. The first-order chi connectivity index (χ1) is 13.7. The van der Waals surface area contributed by atoms with Crippen LogP contribution in [0.3, 0.4) is 0 Å². The summed E-state index contributed by atoms with van der Waals surface area (Å²) in [4.78, 5) is 24.8. The number of carbonyl (C=O) groups is 2. The first kappa shape index (κ1) is 22.3. The number of rotatable bonds is 8. The fraction of sp³-hybridized carbons (Fsp3) is 0.286. The van der Waals surface area contributed by atoms with Crippen LogP contribution in [0.25, 0.3) is 0 Å². The Hall–Kier alpha value is -3.02. The highest BCUT2D eigenvalue weighted by atomic mass is 32.2. The second kappa shape index (κ2) is 9.45. The van der Waals surface area contributed by atoms with E-state index in [1.807, 2.05) is 26.0 Å². The Bertz CT molecular complexity index is 1050. The first-order valence-corrected chi connectivity index (χ1v) is 10.4. The lowest BCUT2D eigenvalue weighted by Crippen LogP contribution is -2.25. The second-order valence-electron chi connectivity index (χ2n) is 6.54. The Labute approximate surface area is 170 Å². The van der Waals surface area contributed by atoms with E-state index in [2.05, 4.69) is 4.72 Å². The summed E-state index contributed by atoms with van der Waals surface area (Å²) in [5.41, 5.74) is 2.61. The minimum atomic E-state index is -3.76. The predicted molar refractivity (Wildman–Crippen MR) is 107 cm³/mol. The minimum Gasteiger partial charge on any atom is -0.451 e. The standard InChI is InChI=1S/C21H22N2O5S/c1-14-5-6-18(13-15(14)2)20(24)16(3)28-21(25)17-7-9-19(10-8-17)29(26,27)23-12-4-11-22/h5-10,13,16,23H,4,12H2,1-3H3/t16-/m0/s1. The molecule has 0 saturated carbocycles. The van der Waals surface area contributed by atoms with E-state index in [0.29, 0.717) is 5.56 Å². The molecule has 0 amide bonds. The molecule has 0 aliphatic heterocycles. The number of hydrogen-bond acceptors (Lipinski definition) is 6. The van der Waals surface area contributed by atoms with Gasteiger partial charge in [0.1, 0.15) is 0 Å². The number of nitriles is 1. The van der Waals surface area contributed by atoms with Gasteiger partial charge in [-0.1, -0.05) is 12.1 Å². The summed E-state index contributed by atoms with van der Waals surface area (Å²) in [6.07, 6.45) is -0.934. The summed E-state index contributed by atoms with van der Waals surface area (Å²) in [6.45, 7) is 5.33. The van der Waals surface area contributed by atoms with Gasteiger partial charge in [0.2, 0.25) is 15.8 Å². The van der Waals surface area contributed by atoms with Crippen LogP contribution in [0.5, 0.6) is 0 Å². The molecular formula is C21H22N2O5S. The highest BCUT2D eigenvalue weighted by Gasteiger charge is 2.21. The summed E-state index contributed by atoms with van der Waals surface area (Å²) in [5.74, 6) is -1.04. The molecule has 1 N–H and O–H groups in total. The SMILES string of the molecule is Cc1ccc(C(=O)[C@H](C)OC(=O)c2ccc(S(=O)(=O)NCCC#N)cc2)cc1C. The van der Waals surface area contributed by atoms with Gasteiger partial charge in [-0.25, -0.2) is 17.9 Å². The smallest absolute Gasteiger partial charge is 0.338 e. The maximum absolute atomic E-state index is 12.5. The zero-order valence-electron chi connectivity index (χ0n) is 16.4. The quantitative estimate of drug-likeness (QED) is 0.404. The lowest BCUT2D eigenvalue weighted by Gasteiger charge is -2.13. The van der Waals surface area contributed by atoms with Crippen molar-refractivity contribution >= 4 is 21.8 Å². The predicted octanol–water partition coefficient (Wildman–Crippen LogP) is 2.92. The highest BCUT2D eigenvalue weighted by Crippen LogP contribution is 2.15. The zero-order valence-corrected chi connectivity index (χ0v) is 17.2. The van der Waals surface area contributed by atoms with Gasteiger partial charge >= 0.3 is 5.97 Å². The van der Waals surface area contributed by atoms with Crippen molar-refractivity contribution in [3.05, 3.63) is 64.7 Å². The molecule has 0 saturated heterocycles. The molecule has 0 aliphatic rings. The topological polar surface area (TPSA) is 113 Å². The van der Waals surface area contributed by atoms with Crippen LogP contribution in [0, 0.1) is 25.2 Å². The number of hydrogen-bond donors (Lipinski definition) is 1. The summed E-state index contributed by atoms with van der Waals surface area (Å²) >= 11 is 0. The number of carbonyl (C=O) groups excluding carboxylic acids is 2. The van der Waals surface area contributed by atoms with Crippen molar-refractivity contribution in [2.24, 2.45) is 0 Å². The largest absolute Gasteiger partial charge is 0.451 e. The lowest BCUT2D eigenvalue weighted by molar-refractivity contribution is 0.0318. The van der Waals surface area contributed by atoms with Crippen molar-refractivity contribution in [3.63, 3.8) is 0 Å². The van der Waals surface area contributed by atoms with Crippen LogP contribution in [0.4, 0.5) is 0 Å². The number of ether oxygens (including phenoxy) is 1. The van der Waals surface area contributed by atoms with E-state index in [0.717, 1.165) is 11.1 Å². The average molecular weight is 414 g/mol. The van der Waals surface area contributed by atoms with Crippen LogP contribution < -0.4 is 4.72 Å². The fourth-order valence-electron chi connectivity index (χ4n) is 2.51. The molecule has 2 aromatic rings. The van der Waals surface area contributed by atoms with E-state index in [9.17, 15) is 18.0 Å². The minimum absolute atomic E-state index is 0.000732. The molecule has 0 aromatic heterocycles. The van der Waals surface area contributed by atoms with Gasteiger partial charge in [0, 0.05) is 18.5 Å². The van der Waals surface area contributed by atoms with Gasteiger partial charge in [-0.15, -0.1) is 0 Å². The van der Waals surface area contributed by atoms with Crippen molar-refractivity contribution in [2.45, 2.75) is 38.2 Å². The average Bonchev–Trinajstić information content (AvgIpc) is 2.69. The van der Waals surface area contributed by atoms with E-state index in [1.165, 1.54) is 31.2 Å². The van der Waals surface area contributed by atoms with Crippen LogP contribution in [0.1, 0.15) is 45.2 Å². The molecule has 8 heteroatoms. The van der Waals surface area contributed by atoms with Gasteiger partial charge in [0.15, 0.2) is 6.10 Å². The number of benzene rings is 2. The molecular weight excluding hydrogens is 392 g/mol. The van der Waals surface area contributed by atoms with Gasteiger partial charge in [0.25, 0.3) is 0 Å². The molecule has 0 fully saturated rings. The molecule has 2 aromatic carbocycles. The van der Waals surface area contributed by atoms with Gasteiger partial charge in [-0.3, -0.25) is 4.79 Å². The van der Waals surface area contributed by atoms with Crippen molar-refractivity contribution in [3.8, 4) is 6.07 Å². The number of sulfonamides is 1. The summed E-state index contributed by atoms with van der Waals surface area (Å²) < 4.78 is 31.7. The number of nitrogens with zero attached hydrogens (tertiary/aromatic N) is 1. The monoisotopic (exact) mass is 414 g/mol. The molecule has 2 rings (SSSR count). The molecule has 0 spiro atoms. The Morgan fingerprint density at radius 2 is 1.69 bits per heavy atom. The van der Waals surface area contributed by atoms with Gasteiger partial charge in [0.05, 0.1) is 16.5 Å². The first-order valence-electron chi connectivity index (χ1n) is 8.95. The Kier molecular flexibility index (Phi) is 7.26. The maximum Gasteiger partial charge on any atom is 0.338 e. The molecule has 0 radical (unpaired) electrons. The Morgan fingerprint density at radius 3 is 2.28 bits per heavy atom. The summed E-state index contributed by atoms with van der Waals surface area (Å²) in [6, 6.07) is 12.3. The third-order valence-corrected chi connectivity index (χ3v) is 5.85. The highest BCUT2D eigenvalue weighted by molar-refractivity contribution is 7.89. The molecule has 0 unspecified atom stereocenters. The van der Waals surface area contributed by atoms with Gasteiger partial charge < -0.3 is 4.74 Å². The van der Waals surface area contributed by atoms with Crippen molar-refractivity contribution in [1.29, 1.82) is 5.26 Å². The van der Waals surface area contributed by atoms with E-state index in [4.69, 9.17) is 10.00 Å². The van der Waals surface area contributed by atoms with Crippen LogP contribution in [0.15, 0.2) is 47.4 Å². The van der Waals surface area contributed by atoms with Crippen LogP contribution in [0.2, 0.25) is 0 Å². The number of esters is 1. The van der Waals surface area contributed by atoms with Crippen LogP contribution >= 0.6 is 0 Å².